The lowest BCUT2D eigenvalue weighted by molar-refractivity contribution is 0.512. The van der Waals surface area contributed by atoms with Crippen LogP contribution in [0, 0.1) is 11.6 Å². The van der Waals surface area contributed by atoms with Crippen LogP contribution in [0.5, 0.6) is 0 Å². The van der Waals surface area contributed by atoms with E-state index < -0.39 is 11.6 Å². The maximum Gasteiger partial charge on any atom is 0.143 e. The average molecular weight is 440 g/mol. The molecular weight excluding hydrogens is 427 g/mol. The fraction of sp³-hybridized carbons (Fsp3) is 0.200. The van der Waals surface area contributed by atoms with Crippen LogP contribution in [0.25, 0.3) is 0 Å². The molecule has 0 saturated carbocycles. The van der Waals surface area contributed by atoms with Gasteiger partial charge in [0.1, 0.15) is 11.6 Å². The summed E-state index contributed by atoms with van der Waals surface area (Å²) in [4.78, 5) is 0. The third-order valence-electron chi connectivity index (χ3n) is 3.24. The lowest BCUT2D eigenvalue weighted by atomic mass is 9.98. The van der Waals surface area contributed by atoms with Crippen molar-refractivity contribution in [3.05, 3.63) is 67.1 Å². The standard InChI is InChI=1S/C15H12Br2ClF2N/c1-21-14(8-2-4-12(18)11(17)6-8)7-9-13(19)5-3-10(16)15(9)20/h2-6,14,21H,7H2,1H3. The van der Waals surface area contributed by atoms with E-state index in [4.69, 9.17) is 11.6 Å². The van der Waals surface area contributed by atoms with Crippen molar-refractivity contribution in [3.63, 3.8) is 0 Å². The van der Waals surface area contributed by atoms with Crippen LogP contribution >= 0.6 is 43.5 Å². The van der Waals surface area contributed by atoms with Crippen LogP contribution in [0.15, 0.2) is 39.3 Å². The van der Waals surface area contributed by atoms with Gasteiger partial charge in [0.05, 0.1) is 9.50 Å². The minimum Gasteiger partial charge on any atom is -0.313 e. The van der Waals surface area contributed by atoms with E-state index >= 15 is 0 Å². The molecule has 0 amide bonds. The van der Waals surface area contributed by atoms with Crippen molar-refractivity contribution in [2.24, 2.45) is 0 Å². The molecule has 0 fully saturated rings. The normalized spacial score (nSPS) is 12.5. The molecule has 0 bridgehead atoms. The summed E-state index contributed by atoms with van der Waals surface area (Å²) in [7, 11) is 1.75. The van der Waals surface area contributed by atoms with E-state index in [9.17, 15) is 8.78 Å². The third-order valence-corrected chi connectivity index (χ3v) is 5.07. The van der Waals surface area contributed by atoms with Crippen molar-refractivity contribution in [1.29, 1.82) is 0 Å². The van der Waals surface area contributed by atoms with Crippen LogP contribution in [-0.4, -0.2) is 7.05 Å². The zero-order valence-corrected chi connectivity index (χ0v) is 15.0. The number of likely N-dealkylation sites (N-methyl/N-ethyl adjacent to an activating group) is 1. The molecule has 1 unspecified atom stereocenters. The first-order valence-corrected chi connectivity index (χ1v) is 8.15. The van der Waals surface area contributed by atoms with Gasteiger partial charge in [-0.2, -0.15) is 0 Å². The second-order valence-corrected chi connectivity index (χ2v) is 6.66. The van der Waals surface area contributed by atoms with Gasteiger partial charge in [-0.05, 0) is 75.2 Å². The van der Waals surface area contributed by atoms with Crippen LogP contribution in [0.1, 0.15) is 17.2 Å². The molecule has 1 N–H and O–H groups in total. The summed E-state index contributed by atoms with van der Waals surface area (Å²) in [5, 5.41) is 3.67. The molecule has 0 aliphatic heterocycles. The molecule has 2 aromatic carbocycles. The third kappa shape index (κ3) is 3.83. The number of nitrogens with one attached hydrogen (secondary N) is 1. The summed E-state index contributed by atoms with van der Waals surface area (Å²) in [5.41, 5.74) is 0.947. The Hall–Kier alpha value is -0.490. The Labute approximate surface area is 144 Å². The quantitative estimate of drug-likeness (QED) is 0.608. The first-order chi connectivity index (χ1) is 9.93. The number of hydrogen-bond donors (Lipinski definition) is 1. The molecule has 21 heavy (non-hydrogen) atoms. The molecule has 1 atom stereocenters. The predicted molar refractivity (Wildman–Crippen MR) is 88.7 cm³/mol. The summed E-state index contributed by atoms with van der Waals surface area (Å²) < 4.78 is 28.9. The SMILES string of the molecule is CNC(Cc1c(F)ccc(Br)c1F)c1ccc(Cl)c(Br)c1. The molecule has 2 aromatic rings. The van der Waals surface area contributed by atoms with E-state index in [1.54, 1.807) is 13.1 Å². The summed E-state index contributed by atoms with van der Waals surface area (Å²) in [6, 6.07) is 7.82. The molecule has 2 rings (SSSR count). The Balaban J connectivity index is 2.35. The molecule has 6 heteroatoms. The topological polar surface area (TPSA) is 12.0 Å². The highest BCUT2D eigenvalue weighted by Gasteiger charge is 2.18. The van der Waals surface area contributed by atoms with Crippen LogP contribution in [0.3, 0.4) is 0 Å². The maximum atomic E-state index is 14.1. The Morgan fingerprint density at radius 3 is 2.48 bits per heavy atom. The molecule has 0 spiro atoms. The zero-order valence-electron chi connectivity index (χ0n) is 11.1. The summed E-state index contributed by atoms with van der Waals surface area (Å²) >= 11 is 12.4. The van der Waals surface area contributed by atoms with E-state index in [2.05, 4.69) is 37.2 Å². The fourth-order valence-corrected chi connectivity index (χ4v) is 2.96. The Kier molecular flexibility index (Phi) is 5.77. The van der Waals surface area contributed by atoms with Crippen molar-refractivity contribution >= 4 is 43.5 Å². The van der Waals surface area contributed by atoms with E-state index in [0.29, 0.717) is 5.02 Å². The summed E-state index contributed by atoms with van der Waals surface area (Å²) in [6.45, 7) is 0. The molecular formula is C15H12Br2ClF2N. The van der Waals surface area contributed by atoms with Crippen molar-refractivity contribution in [2.45, 2.75) is 12.5 Å². The molecule has 112 valence electrons. The Morgan fingerprint density at radius 1 is 1.14 bits per heavy atom. The van der Waals surface area contributed by atoms with Crippen LogP contribution in [0.2, 0.25) is 5.02 Å². The number of hydrogen-bond acceptors (Lipinski definition) is 1. The summed E-state index contributed by atoms with van der Waals surface area (Å²) in [5.74, 6) is -1.12. The van der Waals surface area contributed by atoms with Gasteiger partial charge in [0, 0.05) is 16.1 Å². The van der Waals surface area contributed by atoms with Gasteiger partial charge in [0.15, 0.2) is 0 Å². The van der Waals surface area contributed by atoms with Crippen molar-refractivity contribution < 1.29 is 8.78 Å². The Morgan fingerprint density at radius 2 is 1.86 bits per heavy atom. The highest BCUT2D eigenvalue weighted by molar-refractivity contribution is 9.10. The highest BCUT2D eigenvalue weighted by atomic mass is 79.9. The van der Waals surface area contributed by atoms with Crippen molar-refractivity contribution in [2.75, 3.05) is 7.05 Å². The van der Waals surface area contributed by atoms with Gasteiger partial charge >= 0.3 is 0 Å². The van der Waals surface area contributed by atoms with Gasteiger partial charge in [-0.25, -0.2) is 8.78 Å². The fourth-order valence-electron chi connectivity index (χ4n) is 2.08. The zero-order chi connectivity index (χ0) is 15.6. The van der Waals surface area contributed by atoms with E-state index in [1.165, 1.54) is 12.1 Å². The van der Waals surface area contributed by atoms with Crippen molar-refractivity contribution in [3.8, 4) is 0 Å². The molecule has 0 heterocycles. The number of halogens is 5. The van der Waals surface area contributed by atoms with Gasteiger partial charge in [-0.3, -0.25) is 0 Å². The largest absolute Gasteiger partial charge is 0.313 e. The molecule has 0 aromatic heterocycles. The van der Waals surface area contributed by atoms with Crippen LogP contribution in [-0.2, 0) is 6.42 Å². The first-order valence-electron chi connectivity index (χ1n) is 6.18. The monoisotopic (exact) mass is 437 g/mol. The maximum absolute atomic E-state index is 14.1. The van der Waals surface area contributed by atoms with Crippen LogP contribution < -0.4 is 5.32 Å². The lowest BCUT2D eigenvalue weighted by Gasteiger charge is -2.18. The molecule has 0 aliphatic rings. The molecule has 1 nitrogen and oxygen atoms in total. The minimum atomic E-state index is -0.566. The number of benzene rings is 2. The summed E-state index contributed by atoms with van der Waals surface area (Å²) in [6.07, 6.45) is 0.196. The highest BCUT2D eigenvalue weighted by Crippen LogP contribution is 2.30. The second-order valence-electron chi connectivity index (χ2n) is 4.54. The first kappa shape index (κ1) is 16.9. The van der Waals surface area contributed by atoms with Gasteiger partial charge in [0.2, 0.25) is 0 Å². The van der Waals surface area contributed by atoms with Gasteiger partial charge in [-0.1, -0.05) is 17.7 Å². The van der Waals surface area contributed by atoms with Gasteiger partial charge < -0.3 is 5.32 Å². The van der Waals surface area contributed by atoms with Crippen molar-refractivity contribution in [1.82, 2.24) is 5.32 Å². The molecule has 0 radical (unpaired) electrons. The average Bonchev–Trinajstić information content (AvgIpc) is 2.47. The second kappa shape index (κ2) is 7.18. The molecule has 0 aliphatic carbocycles. The van der Waals surface area contributed by atoms with Gasteiger partial charge in [0.25, 0.3) is 0 Å². The van der Waals surface area contributed by atoms with Gasteiger partial charge in [-0.15, -0.1) is 0 Å². The smallest absolute Gasteiger partial charge is 0.143 e. The predicted octanol–water partition coefficient (Wildman–Crippen LogP) is 5.65. The van der Waals surface area contributed by atoms with Crippen LogP contribution in [0.4, 0.5) is 8.78 Å². The van der Waals surface area contributed by atoms with E-state index in [1.807, 2.05) is 12.1 Å². The lowest BCUT2D eigenvalue weighted by Crippen LogP contribution is -2.20. The number of rotatable bonds is 4. The minimum absolute atomic E-state index is 0.0507. The molecule has 0 saturated heterocycles. The Bertz CT molecular complexity index is 664. The van der Waals surface area contributed by atoms with E-state index in [0.717, 1.165) is 10.0 Å². The van der Waals surface area contributed by atoms with E-state index in [-0.39, 0.29) is 22.5 Å².